The van der Waals surface area contributed by atoms with Gasteiger partial charge in [-0.15, -0.1) is 11.8 Å². The first-order valence-electron chi connectivity index (χ1n) is 6.53. The Morgan fingerprint density at radius 1 is 1.21 bits per heavy atom. The van der Waals surface area contributed by atoms with Crippen LogP contribution in [0.4, 0.5) is 0 Å². The highest BCUT2D eigenvalue weighted by molar-refractivity contribution is 7.99. The van der Waals surface area contributed by atoms with E-state index in [2.05, 4.69) is 41.2 Å². The summed E-state index contributed by atoms with van der Waals surface area (Å²) in [5, 5.41) is 1.38. The zero-order chi connectivity index (χ0) is 13.2. The molecule has 1 aliphatic rings. The summed E-state index contributed by atoms with van der Waals surface area (Å²) in [7, 11) is 0. The normalized spacial score (nSPS) is 25.9. The number of thioether (sulfide) groups is 1. The molecular weight excluding hydrogens is 254 g/mol. The van der Waals surface area contributed by atoms with Crippen LogP contribution in [-0.2, 0) is 0 Å². The summed E-state index contributed by atoms with van der Waals surface area (Å²) in [5.41, 5.74) is 9.12. The standard InChI is InChI=1S/C15H17N3S/c1-10-8-13(19-14-6-7-17-9-18-14)15(16)12-5-3-2-4-11(10)12/h2-7,9-10,13,15H,8,16H2,1H3. The third-order valence-electron chi connectivity index (χ3n) is 3.70. The molecule has 19 heavy (non-hydrogen) atoms. The molecule has 3 nitrogen and oxygen atoms in total. The molecule has 3 atom stereocenters. The Bertz CT molecular complexity index is 558. The summed E-state index contributed by atoms with van der Waals surface area (Å²) >= 11 is 1.76. The van der Waals surface area contributed by atoms with Crippen molar-refractivity contribution in [1.82, 2.24) is 9.97 Å². The Labute approximate surface area is 117 Å². The summed E-state index contributed by atoms with van der Waals surface area (Å²) < 4.78 is 0. The molecule has 1 aromatic carbocycles. The van der Waals surface area contributed by atoms with Gasteiger partial charge in [0, 0.05) is 17.5 Å². The van der Waals surface area contributed by atoms with Gasteiger partial charge in [0.1, 0.15) is 6.33 Å². The second kappa shape index (κ2) is 5.31. The first-order chi connectivity index (χ1) is 9.25. The van der Waals surface area contributed by atoms with Gasteiger partial charge >= 0.3 is 0 Å². The molecule has 4 heteroatoms. The van der Waals surface area contributed by atoms with Gasteiger partial charge in [0.25, 0.3) is 0 Å². The molecule has 0 spiro atoms. The Balaban J connectivity index is 1.86. The SMILES string of the molecule is CC1CC(Sc2ccncn2)C(N)c2ccccc21. The molecule has 3 rings (SSSR count). The molecule has 0 fully saturated rings. The first kappa shape index (κ1) is 12.6. The minimum atomic E-state index is 0.0763. The van der Waals surface area contributed by atoms with E-state index in [-0.39, 0.29) is 6.04 Å². The number of hydrogen-bond donors (Lipinski definition) is 1. The maximum atomic E-state index is 6.44. The highest BCUT2D eigenvalue weighted by Crippen LogP contribution is 2.43. The van der Waals surface area contributed by atoms with Crippen LogP contribution < -0.4 is 5.73 Å². The van der Waals surface area contributed by atoms with Gasteiger partial charge in [0.2, 0.25) is 0 Å². The fraction of sp³-hybridized carbons (Fsp3) is 0.333. The van der Waals surface area contributed by atoms with Gasteiger partial charge in [-0.25, -0.2) is 9.97 Å². The van der Waals surface area contributed by atoms with E-state index in [1.165, 1.54) is 11.1 Å². The molecule has 1 aromatic heterocycles. The molecule has 3 unspecified atom stereocenters. The van der Waals surface area contributed by atoms with Crippen LogP contribution >= 0.6 is 11.8 Å². The maximum absolute atomic E-state index is 6.44. The highest BCUT2D eigenvalue weighted by atomic mass is 32.2. The van der Waals surface area contributed by atoms with Gasteiger partial charge in [0.15, 0.2) is 0 Å². The molecule has 1 aliphatic carbocycles. The number of fused-ring (bicyclic) bond motifs is 1. The fourth-order valence-corrected chi connectivity index (χ4v) is 3.95. The minimum Gasteiger partial charge on any atom is -0.323 e. The van der Waals surface area contributed by atoms with E-state index in [1.54, 1.807) is 24.3 Å². The van der Waals surface area contributed by atoms with Crippen LogP contribution in [0.2, 0.25) is 0 Å². The van der Waals surface area contributed by atoms with Crippen LogP contribution in [0.25, 0.3) is 0 Å². The van der Waals surface area contributed by atoms with Crippen molar-refractivity contribution >= 4 is 11.8 Å². The molecule has 98 valence electrons. The van der Waals surface area contributed by atoms with Crippen LogP contribution in [0, 0.1) is 0 Å². The van der Waals surface area contributed by atoms with Gasteiger partial charge in [-0.2, -0.15) is 0 Å². The van der Waals surface area contributed by atoms with Crippen LogP contribution in [0.5, 0.6) is 0 Å². The minimum absolute atomic E-state index is 0.0763. The van der Waals surface area contributed by atoms with Crippen LogP contribution in [0.15, 0.2) is 47.9 Å². The monoisotopic (exact) mass is 271 g/mol. The van der Waals surface area contributed by atoms with Crippen molar-refractivity contribution in [3.8, 4) is 0 Å². The smallest absolute Gasteiger partial charge is 0.116 e. The van der Waals surface area contributed by atoms with E-state index in [0.717, 1.165) is 11.4 Å². The van der Waals surface area contributed by atoms with E-state index in [0.29, 0.717) is 11.2 Å². The molecule has 2 aromatic rings. The van der Waals surface area contributed by atoms with Gasteiger partial charge in [-0.05, 0) is 29.5 Å². The summed E-state index contributed by atoms with van der Waals surface area (Å²) in [4.78, 5) is 8.24. The van der Waals surface area contributed by atoms with Crippen molar-refractivity contribution in [2.75, 3.05) is 0 Å². The van der Waals surface area contributed by atoms with Crippen LogP contribution in [0.3, 0.4) is 0 Å². The predicted molar refractivity (Wildman–Crippen MR) is 78.1 cm³/mol. The lowest BCUT2D eigenvalue weighted by atomic mass is 9.81. The Kier molecular flexibility index (Phi) is 3.53. The lowest BCUT2D eigenvalue weighted by molar-refractivity contribution is 0.527. The molecule has 0 radical (unpaired) electrons. The third-order valence-corrected chi connectivity index (χ3v) is 4.97. The van der Waals surface area contributed by atoms with Crippen LogP contribution in [0.1, 0.15) is 36.4 Å². The Hall–Kier alpha value is -1.39. The summed E-state index contributed by atoms with van der Waals surface area (Å²) in [6.45, 7) is 2.28. The molecule has 0 aliphatic heterocycles. The second-order valence-corrected chi connectivity index (χ2v) is 6.25. The van der Waals surface area contributed by atoms with Gasteiger partial charge in [0.05, 0.1) is 5.03 Å². The first-order valence-corrected chi connectivity index (χ1v) is 7.40. The molecule has 0 amide bonds. The van der Waals surface area contributed by atoms with Crippen molar-refractivity contribution < 1.29 is 0 Å². The summed E-state index contributed by atoms with van der Waals surface area (Å²) in [5.74, 6) is 0.551. The number of benzene rings is 1. The predicted octanol–water partition coefficient (Wildman–Crippen LogP) is 3.14. The Morgan fingerprint density at radius 2 is 2.00 bits per heavy atom. The lowest BCUT2D eigenvalue weighted by Crippen LogP contribution is -2.30. The van der Waals surface area contributed by atoms with Crippen molar-refractivity contribution in [3.05, 3.63) is 54.0 Å². The number of nitrogens with zero attached hydrogens (tertiary/aromatic N) is 2. The number of hydrogen-bond acceptors (Lipinski definition) is 4. The van der Waals surface area contributed by atoms with Crippen molar-refractivity contribution in [2.24, 2.45) is 5.73 Å². The topological polar surface area (TPSA) is 51.8 Å². The molecule has 1 heterocycles. The van der Waals surface area contributed by atoms with E-state index >= 15 is 0 Å². The number of rotatable bonds is 2. The molecule has 0 bridgehead atoms. The average molecular weight is 271 g/mol. The molecule has 2 N–H and O–H groups in total. The van der Waals surface area contributed by atoms with Crippen molar-refractivity contribution in [2.45, 2.75) is 35.6 Å². The zero-order valence-electron chi connectivity index (χ0n) is 10.9. The molecule has 0 saturated carbocycles. The van der Waals surface area contributed by atoms with Crippen molar-refractivity contribution in [3.63, 3.8) is 0 Å². The largest absolute Gasteiger partial charge is 0.323 e. The number of nitrogens with two attached hydrogens (primary N) is 1. The second-order valence-electron chi connectivity index (χ2n) is 5.00. The fourth-order valence-electron chi connectivity index (χ4n) is 2.71. The number of aromatic nitrogens is 2. The lowest BCUT2D eigenvalue weighted by Gasteiger charge is -2.34. The average Bonchev–Trinajstić information content (AvgIpc) is 2.46. The van der Waals surface area contributed by atoms with Crippen molar-refractivity contribution in [1.29, 1.82) is 0 Å². The van der Waals surface area contributed by atoms with E-state index in [9.17, 15) is 0 Å². The van der Waals surface area contributed by atoms with E-state index in [4.69, 9.17) is 5.73 Å². The van der Waals surface area contributed by atoms with Crippen LogP contribution in [-0.4, -0.2) is 15.2 Å². The quantitative estimate of drug-likeness (QED) is 0.853. The zero-order valence-corrected chi connectivity index (χ0v) is 11.7. The highest BCUT2D eigenvalue weighted by Gasteiger charge is 2.31. The summed E-state index contributed by atoms with van der Waals surface area (Å²) in [6, 6.07) is 10.5. The maximum Gasteiger partial charge on any atom is 0.116 e. The summed E-state index contributed by atoms with van der Waals surface area (Å²) in [6.07, 6.45) is 4.46. The van der Waals surface area contributed by atoms with Gasteiger partial charge < -0.3 is 5.73 Å². The van der Waals surface area contributed by atoms with Gasteiger partial charge in [-0.1, -0.05) is 31.2 Å². The van der Waals surface area contributed by atoms with E-state index in [1.807, 2.05) is 6.07 Å². The van der Waals surface area contributed by atoms with Gasteiger partial charge in [-0.3, -0.25) is 0 Å². The molecule has 0 saturated heterocycles. The third kappa shape index (κ3) is 2.51. The molecular formula is C15H17N3S. The van der Waals surface area contributed by atoms with E-state index < -0.39 is 0 Å². The Morgan fingerprint density at radius 3 is 2.74 bits per heavy atom.